The molecule has 0 heterocycles. The summed E-state index contributed by atoms with van der Waals surface area (Å²) >= 11 is 5.89. The third-order valence-electron chi connectivity index (χ3n) is 5.53. The highest BCUT2D eigenvalue weighted by Gasteiger charge is 2.45. The number of hydrogen-bond acceptors (Lipinski definition) is 2. The molecule has 31 heavy (non-hydrogen) atoms. The van der Waals surface area contributed by atoms with Gasteiger partial charge in [-0.15, -0.1) is 0 Å². The number of hydrogen-bond donors (Lipinski definition) is 1. The van der Waals surface area contributed by atoms with Gasteiger partial charge in [-0.2, -0.15) is 13.2 Å². The third-order valence-corrected chi connectivity index (χ3v) is 5.79. The number of allylic oxidation sites excluding steroid dienone is 1. The van der Waals surface area contributed by atoms with E-state index in [9.17, 15) is 22.4 Å². The molecule has 0 fully saturated rings. The number of carboxylic acids is 1. The van der Waals surface area contributed by atoms with Crippen molar-refractivity contribution in [3.63, 3.8) is 0 Å². The van der Waals surface area contributed by atoms with Gasteiger partial charge < -0.3 is 9.84 Å². The number of carbonyl (C=O) groups is 1. The molecular formula is C23H21ClF4O3. The van der Waals surface area contributed by atoms with Gasteiger partial charge in [0, 0.05) is 11.4 Å². The average Bonchev–Trinajstić information content (AvgIpc) is 3.13. The van der Waals surface area contributed by atoms with Gasteiger partial charge >= 0.3 is 12.1 Å². The van der Waals surface area contributed by atoms with Crippen molar-refractivity contribution in [2.45, 2.75) is 38.8 Å². The maximum atomic E-state index is 14.7. The second-order valence-corrected chi connectivity index (χ2v) is 7.92. The first-order valence-corrected chi connectivity index (χ1v) is 10.1. The van der Waals surface area contributed by atoms with E-state index in [1.54, 1.807) is 30.3 Å². The lowest BCUT2D eigenvalue weighted by atomic mass is 9.98. The molecule has 1 aliphatic carbocycles. The maximum absolute atomic E-state index is 14.7. The van der Waals surface area contributed by atoms with Gasteiger partial charge in [0.1, 0.15) is 6.61 Å². The Hall–Kier alpha value is -2.54. The Morgan fingerprint density at radius 1 is 1.19 bits per heavy atom. The molecular weight excluding hydrogens is 436 g/mol. The number of aryl methyl sites for hydroxylation is 1. The molecule has 0 amide bonds. The van der Waals surface area contributed by atoms with Crippen LogP contribution in [0.1, 0.15) is 36.0 Å². The summed E-state index contributed by atoms with van der Waals surface area (Å²) in [6.45, 7) is 1.10. The van der Waals surface area contributed by atoms with Crippen LogP contribution < -0.4 is 4.74 Å². The van der Waals surface area contributed by atoms with Crippen LogP contribution in [-0.4, -0.2) is 23.9 Å². The lowest BCUT2D eigenvalue weighted by Crippen LogP contribution is -2.25. The molecule has 3 rings (SSSR count). The molecule has 0 radical (unpaired) electrons. The second-order valence-electron chi connectivity index (χ2n) is 7.49. The zero-order valence-electron chi connectivity index (χ0n) is 16.7. The predicted octanol–water partition coefficient (Wildman–Crippen LogP) is 6.61. The van der Waals surface area contributed by atoms with Crippen molar-refractivity contribution >= 4 is 23.1 Å². The number of rotatable bonds is 7. The quantitative estimate of drug-likeness (QED) is 0.477. The summed E-state index contributed by atoms with van der Waals surface area (Å²) in [5, 5.41) is 9.28. The van der Waals surface area contributed by atoms with E-state index < -0.39 is 30.5 Å². The van der Waals surface area contributed by atoms with Crippen molar-refractivity contribution in [3.8, 4) is 5.75 Å². The average molecular weight is 457 g/mol. The van der Waals surface area contributed by atoms with Crippen LogP contribution in [0.4, 0.5) is 17.6 Å². The van der Waals surface area contributed by atoms with E-state index in [-0.39, 0.29) is 42.6 Å². The molecule has 3 nitrogen and oxygen atoms in total. The molecule has 2 aromatic rings. The largest absolute Gasteiger partial charge is 0.486 e. The van der Waals surface area contributed by atoms with Crippen molar-refractivity contribution < 1.29 is 32.2 Å². The van der Waals surface area contributed by atoms with Gasteiger partial charge in [0.05, 0.1) is 5.92 Å². The fourth-order valence-electron chi connectivity index (χ4n) is 3.84. The summed E-state index contributed by atoms with van der Waals surface area (Å²) in [7, 11) is 0. The Kier molecular flexibility index (Phi) is 6.94. The molecule has 0 saturated heterocycles. The van der Waals surface area contributed by atoms with E-state index in [0.717, 1.165) is 0 Å². The summed E-state index contributed by atoms with van der Waals surface area (Å²) < 4.78 is 61.0. The van der Waals surface area contributed by atoms with Crippen molar-refractivity contribution in [2.24, 2.45) is 5.92 Å². The Balaban J connectivity index is 1.87. The minimum absolute atomic E-state index is 0.0850. The highest BCUT2D eigenvalue weighted by atomic mass is 35.5. The molecule has 166 valence electrons. The first-order valence-electron chi connectivity index (χ1n) is 9.75. The zero-order chi connectivity index (χ0) is 22.8. The van der Waals surface area contributed by atoms with Gasteiger partial charge in [-0.1, -0.05) is 29.8 Å². The molecule has 0 aromatic heterocycles. The molecule has 2 aromatic carbocycles. The van der Waals surface area contributed by atoms with E-state index in [1.165, 1.54) is 13.0 Å². The maximum Gasteiger partial charge on any atom is 0.395 e. The van der Waals surface area contributed by atoms with Crippen LogP contribution in [-0.2, 0) is 11.2 Å². The van der Waals surface area contributed by atoms with Crippen LogP contribution in [0.15, 0.2) is 42.0 Å². The van der Waals surface area contributed by atoms with Gasteiger partial charge in [-0.05, 0) is 72.2 Å². The highest BCUT2D eigenvalue weighted by Crippen LogP contribution is 2.46. The summed E-state index contributed by atoms with van der Waals surface area (Å²) in [6.07, 6.45) is -4.27. The summed E-state index contributed by atoms with van der Waals surface area (Å²) in [4.78, 5) is 10.7. The molecule has 0 bridgehead atoms. The second kappa shape index (κ2) is 9.30. The Morgan fingerprint density at radius 2 is 1.87 bits per heavy atom. The number of aliphatic carboxylic acids is 1. The van der Waals surface area contributed by atoms with E-state index in [2.05, 4.69) is 0 Å². The van der Waals surface area contributed by atoms with E-state index in [1.807, 2.05) is 0 Å². The van der Waals surface area contributed by atoms with Crippen LogP contribution in [0, 0.1) is 18.7 Å². The fourth-order valence-corrected chi connectivity index (χ4v) is 3.97. The lowest BCUT2D eigenvalue weighted by molar-refractivity contribution is -0.164. The van der Waals surface area contributed by atoms with Crippen molar-refractivity contribution in [2.75, 3.05) is 6.61 Å². The molecule has 0 aliphatic heterocycles. The van der Waals surface area contributed by atoms with Gasteiger partial charge in [-0.25, -0.2) is 4.39 Å². The number of carboxylic acid groups (broad SMARTS) is 1. The van der Waals surface area contributed by atoms with Crippen LogP contribution in [0.2, 0.25) is 5.02 Å². The van der Waals surface area contributed by atoms with Crippen LogP contribution in [0.5, 0.6) is 5.75 Å². The molecule has 1 aliphatic rings. The van der Waals surface area contributed by atoms with Crippen molar-refractivity contribution in [3.05, 3.63) is 69.5 Å². The molecule has 0 spiro atoms. The summed E-state index contributed by atoms with van der Waals surface area (Å²) in [6, 6.07) is 9.43. The predicted molar refractivity (Wildman–Crippen MR) is 110 cm³/mol. The molecule has 0 saturated carbocycles. The Bertz CT molecular complexity index is 997. The van der Waals surface area contributed by atoms with Crippen LogP contribution in [0.25, 0.3) is 5.57 Å². The third kappa shape index (κ3) is 5.39. The van der Waals surface area contributed by atoms with Crippen molar-refractivity contribution in [1.29, 1.82) is 0 Å². The minimum Gasteiger partial charge on any atom is -0.486 e. The Labute approximate surface area is 182 Å². The summed E-state index contributed by atoms with van der Waals surface area (Å²) in [5.74, 6) is -3.51. The lowest BCUT2D eigenvalue weighted by Gasteiger charge is -2.20. The van der Waals surface area contributed by atoms with Gasteiger partial charge in [0.15, 0.2) is 11.6 Å². The molecule has 1 unspecified atom stereocenters. The number of ether oxygens (including phenoxy) is 1. The first kappa shape index (κ1) is 23.1. The van der Waals surface area contributed by atoms with Gasteiger partial charge in [0.2, 0.25) is 0 Å². The van der Waals surface area contributed by atoms with E-state index in [4.69, 9.17) is 21.4 Å². The standard InChI is InChI=1S/C23H21ClF4O3/c1-13-14(5-11-21(29)30)4-10-20(22(13)25)31-12-18-17(8-9-19(18)23(26,27)28)15-2-6-16(24)7-3-15/h2-4,6-7,10,19H,5,8-9,11-12H2,1H3,(H,29,30). The molecule has 8 heteroatoms. The van der Waals surface area contributed by atoms with Gasteiger partial charge in [-0.3, -0.25) is 4.79 Å². The summed E-state index contributed by atoms with van der Waals surface area (Å²) in [5.41, 5.74) is 2.00. The number of benzene rings is 2. The zero-order valence-corrected chi connectivity index (χ0v) is 17.5. The topological polar surface area (TPSA) is 46.5 Å². The number of halogens is 5. The van der Waals surface area contributed by atoms with Crippen LogP contribution >= 0.6 is 11.6 Å². The Morgan fingerprint density at radius 3 is 2.48 bits per heavy atom. The van der Waals surface area contributed by atoms with Crippen LogP contribution in [0.3, 0.4) is 0 Å². The highest BCUT2D eigenvalue weighted by molar-refractivity contribution is 6.30. The monoisotopic (exact) mass is 456 g/mol. The van der Waals surface area contributed by atoms with Crippen molar-refractivity contribution in [1.82, 2.24) is 0 Å². The number of alkyl halides is 3. The van der Waals surface area contributed by atoms with E-state index >= 15 is 0 Å². The molecule has 1 N–H and O–H groups in total. The fraction of sp³-hybridized carbons (Fsp3) is 0.348. The first-order chi connectivity index (χ1) is 14.6. The van der Waals surface area contributed by atoms with Gasteiger partial charge in [0.25, 0.3) is 0 Å². The molecule has 1 atom stereocenters. The van der Waals surface area contributed by atoms with E-state index in [0.29, 0.717) is 21.7 Å². The normalized spacial score (nSPS) is 16.6. The minimum atomic E-state index is -4.43. The smallest absolute Gasteiger partial charge is 0.395 e. The SMILES string of the molecule is Cc1c(CCC(=O)O)ccc(OCC2=C(c3ccc(Cl)cc3)CCC2C(F)(F)F)c1F.